The van der Waals surface area contributed by atoms with Gasteiger partial charge in [0.1, 0.15) is 4.90 Å². The van der Waals surface area contributed by atoms with E-state index >= 15 is 0 Å². The number of carbonyl (C=O) groups excluding carboxylic acids is 1. The van der Waals surface area contributed by atoms with E-state index in [9.17, 15) is 13.2 Å². The van der Waals surface area contributed by atoms with Crippen LogP contribution in [0.1, 0.15) is 22.8 Å². The SMILES string of the molecule is CCOS(=O)(=O)c1ccc(C)cc1C=O. The summed E-state index contributed by atoms with van der Waals surface area (Å²) in [4.78, 5) is 10.6. The Hall–Kier alpha value is -1.20. The lowest BCUT2D eigenvalue weighted by Gasteiger charge is -2.06. The Morgan fingerprint density at radius 3 is 2.60 bits per heavy atom. The van der Waals surface area contributed by atoms with Crippen molar-refractivity contribution in [3.05, 3.63) is 29.3 Å². The van der Waals surface area contributed by atoms with Crippen LogP contribution in [-0.2, 0) is 14.3 Å². The molecule has 0 saturated carbocycles. The summed E-state index contributed by atoms with van der Waals surface area (Å²) < 4.78 is 27.7. The van der Waals surface area contributed by atoms with E-state index in [0.717, 1.165) is 5.56 Å². The number of hydrogen-bond donors (Lipinski definition) is 0. The molecule has 0 bridgehead atoms. The van der Waals surface area contributed by atoms with Gasteiger partial charge in [0.25, 0.3) is 10.1 Å². The fraction of sp³-hybridized carbons (Fsp3) is 0.300. The molecule has 0 N–H and O–H groups in total. The second-order valence-electron chi connectivity index (χ2n) is 3.02. The van der Waals surface area contributed by atoms with Crippen molar-refractivity contribution in [2.24, 2.45) is 0 Å². The molecule has 0 saturated heterocycles. The van der Waals surface area contributed by atoms with Gasteiger partial charge in [-0.1, -0.05) is 11.6 Å². The largest absolute Gasteiger partial charge is 0.298 e. The van der Waals surface area contributed by atoms with Crippen molar-refractivity contribution in [1.29, 1.82) is 0 Å². The van der Waals surface area contributed by atoms with E-state index in [-0.39, 0.29) is 17.1 Å². The van der Waals surface area contributed by atoms with Crippen molar-refractivity contribution in [2.45, 2.75) is 18.7 Å². The minimum Gasteiger partial charge on any atom is -0.298 e. The molecule has 5 heteroatoms. The van der Waals surface area contributed by atoms with Gasteiger partial charge in [-0.15, -0.1) is 0 Å². The third-order valence-electron chi connectivity index (χ3n) is 1.83. The van der Waals surface area contributed by atoms with Crippen LogP contribution in [-0.4, -0.2) is 21.3 Å². The molecule has 1 rings (SSSR count). The Labute approximate surface area is 89.0 Å². The van der Waals surface area contributed by atoms with Crippen LogP contribution < -0.4 is 0 Å². The summed E-state index contributed by atoms with van der Waals surface area (Å²) in [6, 6.07) is 4.52. The highest BCUT2D eigenvalue weighted by Crippen LogP contribution is 2.17. The van der Waals surface area contributed by atoms with Crippen LogP contribution in [0.5, 0.6) is 0 Å². The molecule has 0 amide bonds. The molecule has 0 spiro atoms. The van der Waals surface area contributed by atoms with E-state index in [1.54, 1.807) is 19.9 Å². The van der Waals surface area contributed by atoms with Gasteiger partial charge in [0.05, 0.1) is 6.61 Å². The van der Waals surface area contributed by atoms with Gasteiger partial charge in [0.2, 0.25) is 0 Å². The highest BCUT2D eigenvalue weighted by Gasteiger charge is 2.18. The Morgan fingerprint density at radius 1 is 1.40 bits per heavy atom. The molecular formula is C10H12O4S. The fourth-order valence-electron chi connectivity index (χ4n) is 1.21. The van der Waals surface area contributed by atoms with Gasteiger partial charge in [-0.05, 0) is 26.0 Å². The summed E-state index contributed by atoms with van der Waals surface area (Å²) in [7, 11) is -3.80. The maximum absolute atomic E-state index is 11.5. The van der Waals surface area contributed by atoms with Crippen LogP contribution in [0.25, 0.3) is 0 Å². The average molecular weight is 228 g/mol. The fourth-order valence-corrected chi connectivity index (χ4v) is 2.27. The van der Waals surface area contributed by atoms with Gasteiger partial charge in [-0.2, -0.15) is 8.42 Å². The normalized spacial score (nSPS) is 11.3. The van der Waals surface area contributed by atoms with Crippen molar-refractivity contribution in [2.75, 3.05) is 6.61 Å². The molecular weight excluding hydrogens is 216 g/mol. The molecule has 1 aromatic rings. The first-order chi connectivity index (χ1) is 7.01. The Kier molecular flexibility index (Phi) is 3.60. The molecule has 0 unspecified atom stereocenters. The summed E-state index contributed by atoms with van der Waals surface area (Å²) in [6.45, 7) is 3.41. The van der Waals surface area contributed by atoms with Crippen LogP contribution >= 0.6 is 0 Å². The van der Waals surface area contributed by atoms with Crippen molar-refractivity contribution < 1.29 is 17.4 Å². The third-order valence-corrected chi connectivity index (χ3v) is 3.29. The zero-order chi connectivity index (χ0) is 11.5. The van der Waals surface area contributed by atoms with Gasteiger partial charge in [-0.25, -0.2) is 0 Å². The van der Waals surface area contributed by atoms with E-state index in [1.807, 2.05) is 0 Å². The monoisotopic (exact) mass is 228 g/mol. The lowest BCUT2D eigenvalue weighted by Crippen LogP contribution is -2.08. The first-order valence-corrected chi connectivity index (χ1v) is 5.87. The molecule has 15 heavy (non-hydrogen) atoms. The second kappa shape index (κ2) is 4.55. The number of aldehydes is 1. The first-order valence-electron chi connectivity index (χ1n) is 4.46. The van der Waals surface area contributed by atoms with E-state index in [0.29, 0.717) is 6.29 Å². The number of carbonyl (C=O) groups is 1. The third kappa shape index (κ3) is 2.64. The van der Waals surface area contributed by atoms with Gasteiger partial charge < -0.3 is 0 Å². The predicted octanol–water partition coefficient (Wildman–Crippen LogP) is 1.53. The molecule has 82 valence electrons. The van der Waals surface area contributed by atoms with E-state index in [1.165, 1.54) is 12.1 Å². The Morgan fingerprint density at radius 2 is 2.07 bits per heavy atom. The number of benzene rings is 1. The second-order valence-corrected chi connectivity index (χ2v) is 4.60. The summed E-state index contributed by atoms with van der Waals surface area (Å²) in [5, 5.41) is 0. The van der Waals surface area contributed by atoms with E-state index in [4.69, 9.17) is 0 Å². The first kappa shape index (κ1) is 11.9. The highest BCUT2D eigenvalue weighted by atomic mass is 32.2. The maximum atomic E-state index is 11.5. The molecule has 4 nitrogen and oxygen atoms in total. The predicted molar refractivity (Wildman–Crippen MR) is 55.4 cm³/mol. The maximum Gasteiger partial charge on any atom is 0.297 e. The lowest BCUT2D eigenvalue weighted by atomic mass is 10.2. The Balaban J connectivity index is 3.31. The van der Waals surface area contributed by atoms with Crippen LogP contribution in [0.15, 0.2) is 23.1 Å². The highest BCUT2D eigenvalue weighted by molar-refractivity contribution is 7.86. The zero-order valence-electron chi connectivity index (χ0n) is 8.56. The molecule has 0 aliphatic carbocycles. The molecule has 0 radical (unpaired) electrons. The molecule has 0 aromatic heterocycles. The quantitative estimate of drug-likeness (QED) is 0.579. The standard InChI is InChI=1S/C10H12O4S/c1-3-14-15(12,13)10-5-4-8(2)6-9(10)7-11/h4-7H,3H2,1-2H3. The van der Waals surface area contributed by atoms with Gasteiger partial charge in [0.15, 0.2) is 6.29 Å². The molecule has 1 aromatic carbocycles. The number of aryl methyl sites for hydroxylation is 1. The molecule has 0 aliphatic heterocycles. The van der Waals surface area contributed by atoms with Crippen molar-refractivity contribution in [3.8, 4) is 0 Å². The minimum atomic E-state index is -3.80. The minimum absolute atomic E-state index is 0.0501. The smallest absolute Gasteiger partial charge is 0.297 e. The zero-order valence-corrected chi connectivity index (χ0v) is 9.37. The van der Waals surface area contributed by atoms with Gasteiger partial charge >= 0.3 is 0 Å². The molecule has 0 fully saturated rings. The topological polar surface area (TPSA) is 60.4 Å². The van der Waals surface area contributed by atoms with Crippen LogP contribution in [0, 0.1) is 6.92 Å². The number of hydrogen-bond acceptors (Lipinski definition) is 4. The molecule has 0 aliphatic rings. The van der Waals surface area contributed by atoms with Crippen molar-refractivity contribution in [3.63, 3.8) is 0 Å². The van der Waals surface area contributed by atoms with Crippen molar-refractivity contribution >= 4 is 16.4 Å². The van der Waals surface area contributed by atoms with E-state index < -0.39 is 10.1 Å². The van der Waals surface area contributed by atoms with E-state index in [2.05, 4.69) is 4.18 Å². The Bertz CT molecular complexity index is 462. The van der Waals surface area contributed by atoms with Gasteiger partial charge in [0, 0.05) is 5.56 Å². The summed E-state index contributed by atoms with van der Waals surface area (Å²) >= 11 is 0. The van der Waals surface area contributed by atoms with Crippen molar-refractivity contribution in [1.82, 2.24) is 0 Å². The van der Waals surface area contributed by atoms with Crippen LogP contribution in [0.2, 0.25) is 0 Å². The summed E-state index contributed by atoms with van der Waals surface area (Å²) in [5.41, 5.74) is 0.955. The van der Waals surface area contributed by atoms with Crippen LogP contribution in [0.3, 0.4) is 0 Å². The summed E-state index contributed by atoms with van der Waals surface area (Å²) in [5.74, 6) is 0. The molecule has 0 atom stereocenters. The van der Waals surface area contributed by atoms with Gasteiger partial charge in [-0.3, -0.25) is 8.98 Å². The number of rotatable bonds is 4. The molecule has 0 heterocycles. The summed E-state index contributed by atoms with van der Waals surface area (Å²) in [6.07, 6.45) is 0.513. The average Bonchev–Trinajstić information content (AvgIpc) is 2.17. The van der Waals surface area contributed by atoms with Crippen LogP contribution in [0.4, 0.5) is 0 Å². The lowest BCUT2D eigenvalue weighted by molar-refractivity contribution is 0.112.